The fourth-order valence-corrected chi connectivity index (χ4v) is 12.6. The summed E-state index contributed by atoms with van der Waals surface area (Å²) in [4.78, 5) is 4.85. The number of ether oxygens (including phenoxy) is 1. The minimum Gasteiger partial charge on any atom is -0.456 e. The van der Waals surface area contributed by atoms with Gasteiger partial charge in [0.05, 0.1) is 39.4 Å². The molecule has 0 spiro atoms. The largest absolute Gasteiger partial charge is 0.456 e. The molecule has 3 aliphatic rings. The molecular weight excluding hydrogens is 563 g/mol. The van der Waals surface area contributed by atoms with Crippen LogP contribution in [0.5, 0.6) is 11.5 Å². The average Bonchev–Trinajstić information content (AvgIpc) is 3.05. The van der Waals surface area contributed by atoms with Crippen molar-refractivity contribution < 1.29 is 4.74 Å². The molecule has 0 aliphatic carbocycles. The van der Waals surface area contributed by atoms with Gasteiger partial charge in [-0.2, -0.15) is 0 Å². The van der Waals surface area contributed by atoms with Crippen molar-refractivity contribution in [3.05, 3.63) is 140 Å². The molecule has 0 saturated carbocycles. The van der Waals surface area contributed by atoms with Crippen molar-refractivity contribution in [2.75, 3.05) is 9.80 Å². The minimum atomic E-state index is -2.54. The van der Waals surface area contributed by atoms with Crippen molar-refractivity contribution in [1.29, 1.82) is 0 Å². The van der Waals surface area contributed by atoms with E-state index in [9.17, 15) is 0 Å². The molecule has 1 unspecified atom stereocenters. The Morgan fingerprint density at radius 1 is 0.465 bits per heavy atom. The highest BCUT2D eigenvalue weighted by molar-refractivity contribution is 8.26. The van der Waals surface area contributed by atoms with Crippen LogP contribution in [-0.4, -0.2) is 0 Å². The Morgan fingerprint density at radius 3 is 1.77 bits per heavy atom. The van der Waals surface area contributed by atoms with E-state index in [1.54, 1.807) is 0 Å². The van der Waals surface area contributed by atoms with Gasteiger partial charge in [-0.1, -0.05) is 96.7 Å². The zero-order valence-electron chi connectivity index (χ0n) is 22.9. The Labute approximate surface area is 254 Å². The summed E-state index contributed by atoms with van der Waals surface area (Å²) in [5, 5.41) is 8.44. The van der Waals surface area contributed by atoms with Crippen molar-refractivity contribution >= 4 is 89.4 Å². The topological polar surface area (TPSA) is 15.7 Å². The van der Waals surface area contributed by atoms with Crippen LogP contribution in [0.25, 0.3) is 21.5 Å². The van der Waals surface area contributed by atoms with Gasteiger partial charge in [0.2, 0.25) is 0 Å². The molecule has 3 aliphatic heterocycles. The minimum absolute atomic E-state index is 0.870. The third-order valence-corrected chi connectivity index (χ3v) is 13.9. The number of hydrogen-bond acceptors (Lipinski definition) is 4. The van der Waals surface area contributed by atoms with Crippen molar-refractivity contribution in [2.24, 2.45) is 0 Å². The maximum Gasteiger partial charge on any atom is 0.138 e. The second kappa shape index (κ2) is 8.35. The van der Waals surface area contributed by atoms with Gasteiger partial charge in [-0.25, -0.2) is 0 Å². The van der Waals surface area contributed by atoms with Gasteiger partial charge in [0.1, 0.15) is 11.5 Å². The van der Waals surface area contributed by atoms with Crippen LogP contribution < -0.4 is 30.5 Å². The SMILES string of the molecule is S=P12c3c4cccc3N(c3ccccc3)c3cc5c(ccc6ccccc65)c(c31)N(c1ccccc1)c1cccc(c12)O4. The van der Waals surface area contributed by atoms with E-state index < -0.39 is 6.04 Å². The number of hydrogen-bond donors (Lipinski definition) is 0. The maximum absolute atomic E-state index is 7.13. The molecule has 0 bridgehead atoms. The molecule has 0 radical (unpaired) electrons. The predicted molar refractivity (Wildman–Crippen MR) is 184 cm³/mol. The van der Waals surface area contributed by atoms with Gasteiger partial charge in [0.15, 0.2) is 0 Å². The number of rotatable bonds is 2. The van der Waals surface area contributed by atoms with E-state index in [1.807, 2.05) is 0 Å². The lowest BCUT2D eigenvalue weighted by Gasteiger charge is -2.49. The third-order valence-electron chi connectivity index (χ3n) is 9.07. The van der Waals surface area contributed by atoms with E-state index >= 15 is 0 Å². The number of anilines is 6. The summed E-state index contributed by atoms with van der Waals surface area (Å²) in [5.74, 6) is 1.74. The molecule has 7 aromatic rings. The summed E-state index contributed by atoms with van der Waals surface area (Å²) in [6, 6.07) is 47.3. The molecule has 0 aromatic heterocycles. The standard InChI is InChI=1S/C38H23N2OPS/c43-42-36-30-17-9-19-33(36)41-34-20-10-18-31(37(34)42)40(26-14-5-2-6-15-26)35-28-22-21-24-11-7-8-16-27(24)29(28)23-32(38(35)42)39(30)25-12-3-1-4-13-25/h1-23H. The molecule has 3 nitrogen and oxygen atoms in total. The van der Waals surface area contributed by atoms with E-state index in [0.29, 0.717) is 0 Å². The van der Waals surface area contributed by atoms with E-state index in [-0.39, 0.29) is 0 Å². The second-order valence-electron chi connectivity index (χ2n) is 11.3. The van der Waals surface area contributed by atoms with Crippen LogP contribution in [0.1, 0.15) is 0 Å². The predicted octanol–water partition coefficient (Wildman–Crippen LogP) is 9.42. The zero-order valence-corrected chi connectivity index (χ0v) is 24.6. The maximum atomic E-state index is 7.13. The highest BCUT2D eigenvalue weighted by Gasteiger charge is 2.51. The molecule has 202 valence electrons. The molecule has 43 heavy (non-hydrogen) atoms. The van der Waals surface area contributed by atoms with Crippen LogP contribution in [0.4, 0.5) is 34.1 Å². The van der Waals surface area contributed by atoms with Gasteiger partial charge in [-0.3, -0.25) is 0 Å². The molecule has 0 saturated heterocycles. The monoisotopic (exact) mass is 586 g/mol. The molecule has 10 rings (SSSR count). The fourth-order valence-electron chi connectivity index (χ4n) is 7.40. The Balaban J connectivity index is 1.48. The van der Waals surface area contributed by atoms with Crippen LogP contribution >= 0.6 is 6.04 Å². The van der Waals surface area contributed by atoms with Gasteiger partial charge < -0.3 is 14.5 Å². The van der Waals surface area contributed by atoms with Gasteiger partial charge in [-0.05, 0) is 70.8 Å². The van der Waals surface area contributed by atoms with Crippen molar-refractivity contribution in [3.8, 4) is 11.5 Å². The lowest BCUT2D eigenvalue weighted by atomic mass is 9.97. The Hall–Kier alpha value is -4.89. The fraction of sp³-hybridized carbons (Fsp3) is 0. The average molecular weight is 587 g/mol. The summed E-state index contributed by atoms with van der Waals surface area (Å²) in [6.07, 6.45) is 0. The van der Waals surface area contributed by atoms with Crippen LogP contribution in [0, 0.1) is 0 Å². The van der Waals surface area contributed by atoms with Gasteiger partial charge in [0, 0.05) is 22.1 Å². The zero-order chi connectivity index (χ0) is 28.3. The molecule has 1 atom stereocenters. The van der Waals surface area contributed by atoms with Gasteiger partial charge in [-0.15, -0.1) is 0 Å². The second-order valence-corrected chi connectivity index (χ2v) is 15.5. The Bertz CT molecular complexity index is 2350. The first-order chi connectivity index (χ1) is 21.2. The Kier molecular flexibility index (Phi) is 4.59. The normalized spacial score (nSPS) is 17.1. The molecule has 7 aromatic carbocycles. The molecule has 0 N–H and O–H groups in total. The lowest BCUT2D eigenvalue weighted by molar-refractivity contribution is 0.488. The number of benzene rings is 7. The van der Waals surface area contributed by atoms with E-state index in [2.05, 4.69) is 149 Å². The van der Waals surface area contributed by atoms with E-state index in [4.69, 9.17) is 16.5 Å². The first-order valence-corrected chi connectivity index (χ1v) is 17.3. The molecule has 0 fully saturated rings. The number of fused-ring (bicyclic) bond motifs is 4. The lowest BCUT2D eigenvalue weighted by Crippen LogP contribution is -2.45. The van der Waals surface area contributed by atoms with Crippen LogP contribution in [-0.2, 0) is 11.8 Å². The van der Waals surface area contributed by atoms with Crippen LogP contribution in [0.15, 0.2) is 140 Å². The highest BCUT2D eigenvalue weighted by Crippen LogP contribution is 2.67. The summed E-state index contributed by atoms with van der Waals surface area (Å²) in [6.45, 7) is 0. The summed E-state index contributed by atoms with van der Waals surface area (Å²) in [5.41, 5.74) is 6.77. The Morgan fingerprint density at radius 2 is 1.07 bits per heavy atom. The summed E-state index contributed by atoms with van der Waals surface area (Å²) >= 11 is 7.13. The summed E-state index contributed by atoms with van der Waals surface area (Å²) < 4.78 is 6.74. The molecule has 3 heterocycles. The summed E-state index contributed by atoms with van der Waals surface area (Å²) in [7, 11) is 0. The quantitative estimate of drug-likeness (QED) is 0.148. The van der Waals surface area contributed by atoms with Crippen LogP contribution in [0.2, 0.25) is 0 Å². The van der Waals surface area contributed by atoms with Crippen LogP contribution in [0.3, 0.4) is 0 Å². The van der Waals surface area contributed by atoms with Crippen molar-refractivity contribution in [2.45, 2.75) is 0 Å². The first-order valence-electron chi connectivity index (χ1n) is 14.5. The van der Waals surface area contributed by atoms with Gasteiger partial charge in [0.25, 0.3) is 0 Å². The number of para-hydroxylation sites is 2. The number of nitrogens with zero attached hydrogens (tertiary/aromatic N) is 2. The van der Waals surface area contributed by atoms with Gasteiger partial charge >= 0.3 is 0 Å². The smallest absolute Gasteiger partial charge is 0.138 e. The third kappa shape index (κ3) is 2.92. The molecule has 0 amide bonds. The molecule has 5 heteroatoms. The first kappa shape index (κ1) is 23.6. The highest BCUT2D eigenvalue weighted by atomic mass is 32.4. The van der Waals surface area contributed by atoms with Crippen molar-refractivity contribution in [1.82, 2.24) is 0 Å². The van der Waals surface area contributed by atoms with E-state index in [0.717, 1.165) is 50.5 Å². The molecular formula is C38H23N2OPS. The van der Waals surface area contributed by atoms with Crippen molar-refractivity contribution in [3.63, 3.8) is 0 Å². The van der Waals surface area contributed by atoms with E-state index in [1.165, 1.54) is 32.5 Å².